The van der Waals surface area contributed by atoms with Gasteiger partial charge in [0.25, 0.3) is 0 Å². The van der Waals surface area contributed by atoms with Crippen molar-refractivity contribution in [2.24, 2.45) is 11.8 Å². The first-order valence-corrected chi connectivity index (χ1v) is 12.9. The molecule has 0 amide bonds. The molecule has 1 heterocycles. The van der Waals surface area contributed by atoms with E-state index in [4.69, 9.17) is 9.47 Å². The van der Waals surface area contributed by atoms with Crippen molar-refractivity contribution in [3.05, 3.63) is 72.8 Å². The van der Waals surface area contributed by atoms with E-state index in [1.54, 1.807) is 43.5 Å². The number of sulfone groups is 2. The van der Waals surface area contributed by atoms with E-state index >= 15 is 0 Å². The minimum atomic E-state index is -4.14. The fourth-order valence-corrected chi connectivity index (χ4v) is 8.89. The van der Waals surface area contributed by atoms with Gasteiger partial charge in [0.05, 0.1) is 15.9 Å². The molecule has 2 aromatic carbocycles. The largest absolute Gasteiger partial charge is 0.356 e. The molecule has 1 saturated heterocycles. The second kappa shape index (κ2) is 8.26. The molecule has 2 aliphatic rings. The van der Waals surface area contributed by atoms with Gasteiger partial charge in [-0.2, -0.15) is 0 Å². The molecule has 1 aliphatic heterocycles. The van der Waals surface area contributed by atoms with Crippen LogP contribution in [0.15, 0.2) is 82.6 Å². The van der Waals surface area contributed by atoms with Crippen LogP contribution in [0.4, 0.5) is 0 Å². The molecule has 0 saturated carbocycles. The maximum Gasteiger partial charge on any atom is 0.195 e. The van der Waals surface area contributed by atoms with Crippen LogP contribution < -0.4 is 0 Å². The van der Waals surface area contributed by atoms with Crippen LogP contribution in [0.2, 0.25) is 0 Å². The molecule has 4 rings (SSSR count). The number of allylic oxidation sites excluding steroid dienone is 1. The first-order valence-electron chi connectivity index (χ1n) is 9.78. The third kappa shape index (κ3) is 3.85. The van der Waals surface area contributed by atoms with E-state index in [2.05, 4.69) is 0 Å². The molecule has 0 N–H and O–H groups in total. The van der Waals surface area contributed by atoms with Gasteiger partial charge in [-0.1, -0.05) is 48.6 Å². The van der Waals surface area contributed by atoms with Crippen molar-refractivity contribution in [2.75, 3.05) is 7.11 Å². The lowest BCUT2D eigenvalue weighted by molar-refractivity contribution is -0.104. The minimum absolute atomic E-state index is 0.00507. The molecular weight excluding hydrogens is 424 g/mol. The highest BCUT2D eigenvalue weighted by molar-refractivity contribution is 8.09. The van der Waals surface area contributed by atoms with Gasteiger partial charge in [-0.15, -0.1) is 0 Å². The summed E-state index contributed by atoms with van der Waals surface area (Å²) >= 11 is 0. The van der Waals surface area contributed by atoms with E-state index in [9.17, 15) is 16.8 Å². The number of ether oxygens (including phenoxy) is 2. The van der Waals surface area contributed by atoms with Crippen molar-refractivity contribution in [1.82, 2.24) is 0 Å². The summed E-state index contributed by atoms with van der Waals surface area (Å²) in [5, 5.41) is 0. The summed E-state index contributed by atoms with van der Waals surface area (Å²) in [7, 11) is -6.71. The van der Waals surface area contributed by atoms with Crippen LogP contribution in [0.5, 0.6) is 0 Å². The smallest absolute Gasteiger partial charge is 0.195 e. The summed E-state index contributed by atoms with van der Waals surface area (Å²) in [4.78, 5) is 0.0101. The molecule has 1 unspecified atom stereocenters. The second-order valence-electron chi connectivity index (χ2n) is 7.60. The predicted molar refractivity (Wildman–Crippen MR) is 112 cm³/mol. The lowest BCUT2D eigenvalue weighted by Crippen LogP contribution is -2.34. The van der Waals surface area contributed by atoms with E-state index in [-0.39, 0.29) is 40.4 Å². The summed E-state index contributed by atoms with van der Waals surface area (Å²) in [5.74, 6) is -0.244. The van der Waals surface area contributed by atoms with E-state index in [1.807, 2.05) is 12.2 Å². The summed E-state index contributed by atoms with van der Waals surface area (Å²) in [6.07, 6.45) is 3.79. The molecule has 1 aliphatic carbocycles. The molecule has 30 heavy (non-hydrogen) atoms. The Balaban J connectivity index is 1.73. The van der Waals surface area contributed by atoms with Crippen LogP contribution in [-0.2, 0) is 29.1 Å². The van der Waals surface area contributed by atoms with Gasteiger partial charge in [-0.05, 0) is 42.5 Å². The van der Waals surface area contributed by atoms with Gasteiger partial charge in [0.2, 0.25) is 0 Å². The highest BCUT2D eigenvalue weighted by Gasteiger charge is 2.47. The number of benzene rings is 2. The Morgan fingerprint density at radius 1 is 0.900 bits per heavy atom. The maximum atomic E-state index is 13.5. The Morgan fingerprint density at radius 2 is 1.43 bits per heavy atom. The molecule has 8 heteroatoms. The van der Waals surface area contributed by atoms with Gasteiger partial charge in [-0.25, -0.2) is 16.8 Å². The topological polar surface area (TPSA) is 86.7 Å². The number of rotatable bonds is 7. The fraction of sp³-hybridized carbons (Fsp3) is 0.364. The van der Waals surface area contributed by atoms with Crippen molar-refractivity contribution in [3.63, 3.8) is 0 Å². The van der Waals surface area contributed by atoms with E-state index in [0.29, 0.717) is 6.42 Å². The van der Waals surface area contributed by atoms with Gasteiger partial charge in [0.15, 0.2) is 30.5 Å². The summed E-state index contributed by atoms with van der Waals surface area (Å²) in [5.41, 5.74) is 0. The van der Waals surface area contributed by atoms with Crippen LogP contribution in [0.25, 0.3) is 0 Å². The number of methoxy groups -OCH3 is 1. The molecular formula is C22H24O6S2. The van der Waals surface area contributed by atoms with E-state index < -0.39 is 24.3 Å². The van der Waals surface area contributed by atoms with Gasteiger partial charge in [0.1, 0.15) is 0 Å². The van der Waals surface area contributed by atoms with Gasteiger partial charge < -0.3 is 9.47 Å². The average Bonchev–Trinajstić information content (AvgIpc) is 3.34. The normalized spacial score (nSPS) is 26.2. The fourth-order valence-electron chi connectivity index (χ4n) is 4.26. The SMILES string of the molecule is COC1C[C@H]2[C@@H](CC(S(=O)(=O)c3ccccc3)S(=O)(=O)c3ccccc3)C=C[C@H]2O1. The van der Waals surface area contributed by atoms with Gasteiger partial charge in [0, 0.05) is 13.5 Å². The monoisotopic (exact) mass is 448 g/mol. The first-order chi connectivity index (χ1) is 14.3. The zero-order chi connectivity index (χ0) is 21.4. The molecule has 1 fully saturated rings. The van der Waals surface area contributed by atoms with Crippen LogP contribution in [0, 0.1) is 11.8 Å². The van der Waals surface area contributed by atoms with Crippen LogP contribution in [0.3, 0.4) is 0 Å². The maximum absolute atomic E-state index is 13.5. The van der Waals surface area contributed by atoms with Crippen molar-refractivity contribution >= 4 is 19.7 Å². The van der Waals surface area contributed by atoms with Crippen molar-refractivity contribution in [3.8, 4) is 0 Å². The highest BCUT2D eigenvalue weighted by atomic mass is 32.3. The Hall–Kier alpha value is -2.00. The number of hydrogen-bond acceptors (Lipinski definition) is 6. The molecule has 2 aromatic rings. The summed E-state index contributed by atoms with van der Waals surface area (Å²) in [6, 6.07) is 15.5. The van der Waals surface area contributed by atoms with Crippen LogP contribution in [0.1, 0.15) is 12.8 Å². The molecule has 0 aromatic heterocycles. The number of hydrogen-bond donors (Lipinski definition) is 0. The lowest BCUT2D eigenvalue weighted by Gasteiger charge is -2.24. The molecule has 160 valence electrons. The first kappa shape index (κ1) is 21.2. The Morgan fingerprint density at radius 3 is 1.93 bits per heavy atom. The molecule has 0 radical (unpaired) electrons. The zero-order valence-corrected chi connectivity index (χ0v) is 18.1. The third-order valence-corrected chi connectivity index (χ3v) is 11.0. The van der Waals surface area contributed by atoms with Gasteiger partial charge in [-0.3, -0.25) is 0 Å². The van der Waals surface area contributed by atoms with Crippen molar-refractivity contribution in [1.29, 1.82) is 0 Å². The highest BCUT2D eigenvalue weighted by Crippen LogP contribution is 2.43. The number of fused-ring (bicyclic) bond motifs is 1. The summed E-state index contributed by atoms with van der Waals surface area (Å²) < 4.78 is 63.4. The summed E-state index contributed by atoms with van der Waals surface area (Å²) in [6.45, 7) is 0. The van der Waals surface area contributed by atoms with Gasteiger partial charge >= 0.3 is 0 Å². The molecule has 0 bridgehead atoms. The molecule has 4 atom stereocenters. The molecule has 0 spiro atoms. The zero-order valence-electron chi connectivity index (χ0n) is 16.5. The Bertz CT molecular complexity index is 1040. The van der Waals surface area contributed by atoms with Crippen molar-refractivity contribution < 1.29 is 26.3 Å². The third-order valence-electron chi connectivity index (χ3n) is 5.86. The van der Waals surface area contributed by atoms with E-state index in [1.165, 1.54) is 24.3 Å². The average molecular weight is 449 g/mol. The van der Waals surface area contributed by atoms with E-state index in [0.717, 1.165) is 0 Å². The second-order valence-corrected chi connectivity index (χ2v) is 12.2. The lowest BCUT2D eigenvalue weighted by atomic mass is 9.90. The predicted octanol–water partition coefficient (Wildman–Crippen LogP) is 3.21. The van der Waals surface area contributed by atoms with Crippen LogP contribution >= 0.6 is 0 Å². The Kier molecular flexibility index (Phi) is 5.85. The van der Waals surface area contributed by atoms with Crippen molar-refractivity contribution in [2.45, 2.75) is 39.6 Å². The standard InChI is InChI=1S/C22H24O6S2/c1-27-21-15-19-16(12-13-20(19)28-21)14-22(29(23,24)17-8-4-2-5-9-17)30(25,26)18-10-6-3-7-11-18/h2-13,16,19-22H,14-15H2,1H3/t16-,19+,20-,21?/m1/s1. The quantitative estimate of drug-likeness (QED) is 0.605. The minimum Gasteiger partial charge on any atom is -0.356 e. The Labute approximate surface area is 177 Å². The molecule has 6 nitrogen and oxygen atoms in total. The van der Waals surface area contributed by atoms with Crippen LogP contribution in [-0.4, -0.2) is 40.9 Å².